The largest absolute Gasteiger partial charge is 0.339 e. The second-order valence-electron chi connectivity index (χ2n) is 6.57. The molecule has 1 saturated heterocycles. The van der Waals surface area contributed by atoms with Crippen LogP contribution < -0.4 is 0 Å². The molecule has 5 heteroatoms. The van der Waals surface area contributed by atoms with E-state index in [0.717, 1.165) is 60.3 Å². The van der Waals surface area contributed by atoms with E-state index in [1.54, 1.807) is 0 Å². The standard InChI is InChI=1S/C20H22N2OS2/c23-19(18-7-3-5-16-4-1-2-6-17(16)18)22-11-8-15(9-12-22)14-25-20-21-10-13-24-20/h1-7,15H,8-14H2. The maximum Gasteiger partial charge on any atom is 0.254 e. The number of thioether (sulfide) groups is 2. The van der Waals surface area contributed by atoms with E-state index in [9.17, 15) is 4.79 Å². The minimum Gasteiger partial charge on any atom is -0.339 e. The first kappa shape index (κ1) is 17.0. The number of benzene rings is 2. The molecule has 0 atom stereocenters. The molecule has 25 heavy (non-hydrogen) atoms. The second-order valence-corrected chi connectivity index (χ2v) is 8.92. The number of hydrogen-bond acceptors (Lipinski definition) is 4. The highest BCUT2D eigenvalue weighted by Gasteiger charge is 2.25. The molecule has 0 N–H and O–H groups in total. The Morgan fingerprint density at radius 3 is 2.76 bits per heavy atom. The quantitative estimate of drug-likeness (QED) is 0.796. The smallest absolute Gasteiger partial charge is 0.254 e. The second kappa shape index (κ2) is 7.83. The van der Waals surface area contributed by atoms with Gasteiger partial charge in [-0.05, 0) is 35.6 Å². The van der Waals surface area contributed by atoms with Gasteiger partial charge in [0.25, 0.3) is 5.91 Å². The average Bonchev–Trinajstić information content (AvgIpc) is 3.19. The van der Waals surface area contributed by atoms with Crippen molar-refractivity contribution in [2.24, 2.45) is 10.9 Å². The summed E-state index contributed by atoms with van der Waals surface area (Å²) in [4.78, 5) is 19.5. The van der Waals surface area contributed by atoms with Gasteiger partial charge in [0.2, 0.25) is 0 Å². The molecule has 0 aromatic heterocycles. The van der Waals surface area contributed by atoms with Gasteiger partial charge >= 0.3 is 0 Å². The Hall–Kier alpha value is -1.46. The van der Waals surface area contributed by atoms with E-state index in [1.807, 2.05) is 58.8 Å². The molecule has 1 fully saturated rings. The maximum absolute atomic E-state index is 13.0. The normalized spacial score (nSPS) is 18.6. The molecular weight excluding hydrogens is 348 g/mol. The number of fused-ring (bicyclic) bond motifs is 1. The summed E-state index contributed by atoms with van der Waals surface area (Å²) in [6.45, 7) is 2.71. The lowest BCUT2D eigenvalue weighted by Crippen LogP contribution is -2.39. The van der Waals surface area contributed by atoms with E-state index in [1.165, 1.54) is 4.38 Å². The van der Waals surface area contributed by atoms with Gasteiger partial charge in [0, 0.05) is 30.2 Å². The Morgan fingerprint density at radius 2 is 1.96 bits per heavy atom. The van der Waals surface area contributed by atoms with Gasteiger partial charge < -0.3 is 4.90 Å². The van der Waals surface area contributed by atoms with Crippen LogP contribution in [-0.4, -0.2) is 46.3 Å². The maximum atomic E-state index is 13.0. The van der Waals surface area contributed by atoms with E-state index in [-0.39, 0.29) is 5.91 Å². The molecule has 0 unspecified atom stereocenters. The number of aliphatic imine (C=N–C) groups is 1. The van der Waals surface area contributed by atoms with E-state index in [0.29, 0.717) is 5.92 Å². The lowest BCUT2D eigenvalue weighted by molar-refractivity contribution is 0.0701. The fourth-order valence-corrected chi connectivity index (χ4v) is 5.70. The summed E-state index contributed by atoms with van der Waals surface area (Å²) in [5.41, 5.74) is 0.836. The molecule has 2 aliphatic heterocycles. The summed E-state index contributed by atoms with van der Waals surface area (Å²) < 4.78 is 1.26. The Morgan fingerprint density at radius 1 is 1.16 bits per heavy atom. The van der Waals surface area contributed by atoms with Crippen LogP contribution in [0.5, 0.6) is 0 Å². The minimum atomic E-state index is 0.179. The summed E-state index contributed by atoms with van der Waals surface area (Å²) in [6, 6.07) is 14.2. The van der Waals surface area contributed by atoms with Crippen molar-refractivity contribution in [3.63, 3.8) is 0 Å². The summed E-state index contributed by atoms with van der Waals surface area (Å²) in [5.74, 6) is 3.16. The fraction of sp³-hybridized carbons (Fsp3) is 0.400. The van der Waals surface area contributed by atoms with Gasteiger partial charge in [-0.2, -0.15) is 0 Å². The molecule has 2 aromatic rings. The Balaban J connectivity index is 1.37. The topological polar surface area (TPSA) is 32.7 Å². The number of carbonyl (C=O) groups is 1. The Labute approximate surface area is 157 Å². The number of rotatable bonds is 3. The highest BCUT2D eigenvalue weighted by molar-refractivity contribution is 8.39. The van der Waals surface area contributed by atoms with Crippen molar-refractivity contribution in [1.82, 2.24) is 4.90 Å². The predicted octanol–water partition coefficient (Wildman–Crippen LogP) is 4.53. The Kier molecular flexibility index (Phi) is 5.32. The molecule has 4 rings (SSSR count). The van der Waals surface area contributed by atoms with Crippen LogP contribution in [0.15, 0.2) is 47.5 Å². The van der Waals surface area contributed by atoms with Gasteiger partial charge in [0.15, 0.2) is 0 Å². The molecule has 2 heterocycles. The molecule has 2 aromatic carbocycles. The monoisotopic (exact) mass is 370 g/mol. The SMILES string of the molecule is O=C(c1cccc2ccccc12)N1CCC(CSC2=NCCS2)CC1. The van der Waals surface area contributed by atoms with Gasteiger partial charge in [0.05, 0.1) is 6.54 Å². The van der Waals surface area contributed by atoms with Crippen molar-refractivity contribution < 1.29 is 4.79 Å². The summed E-state index contributed by atoms with van der Waals surface area (Å²) in [7, 11) is 0. The van der Waals surface area contributed by atoms with Crippen molar-refractivity contribution in [2.75, 3.05) is 31.1 Å². The summed E-state index contributed by atoms with van der Waals surface area (Å²) in [6.07, 6.45) is 2.20. The van der Waals surface area contributed by atoms with Gasteiger partial charge in [-0.15, -0.1) is 0 Å². The van der Waals surface area contributed by atoms with Gasteiger partial charge in [0.1, 0.15) is 4.38 Å². The average molecular weight is 371 g/mol. The predicted molar refractivity (Wildman–Crippen MR) is 110 cm³/mol. The number of piperidine rings is 1. The molecular formula is C20H22N2OS2. The van der Waals surface area contributed by atoms with Crippen LogP contribution in [-0.2, 0) is 0 Å². The van der Waals surface area contributed by atoms with Crippen molar-refractivity contribution >= 4 is 44.6 Å². The fourth-order valence-electron chi connectivity index (χ4n) is 3.48. The first-order valence-corrected chi connectivity index (χ1v) is 10.9. The van der Waals surface area contributed by atoms with E-state index >= 15 is 0 Å². The van der Waals surface area contributed by atoms with Crippen LogP contribution in [0.25, 0.3) is 10.8 Å². The first-order chi connectivity index (χ1) is 12.3. The molecule has 0 bridgehead atoms. The zero-order chi connectivity index (χ0) is 17.1. The summed E-state index contributed by atoms with van der Waals surface area (Å²) in [5, 5.41) is 2.19. The minimum absolute atomic E-state index is 0.179. The lowest BCUT2D eigenvalue weighted by atomic mass is 9.97. The van der Waals surface area contributed by atoms with Crippen LogP contribution in [0.2, 0.25) is 0 Å². The van der Waals surface area contributed by atoms with Gasteiger partial charge in [-0.3, -0.25) is 9.79 Å². The molecule has 130 valence electrons. The van der Waals surface area contributed by atoms with E-state index in [4.69, 9.17) is 0 Å². The molecule has 0 radical (unpaired) electrons. The Bertz CT molecular complexity index is 792. The van der Waals surface area contributed by atoms with Crippen molar-refractivity contribution in [1.29, 1.82) is 0 Å². The number of amides is 1. The molecule has 1 amide bonds. The number of carbonyl (C=O) groups excluding carboxylic acids is 1. The third kappa shape index (κ3) is 3.87. The van der Waals surface area contributed by atoms with E-state index < -0.39 is 0 Å². The molecule has 0 spiro atoms. The molecule has 3 nitrogen and oxygen atoms in total. The summed E-state index contributed by atoms with van der Waals surface area (Å²) >= 11 is 3.79. The number of likely N-dealkylation sites (tertiary alicyclic amines) is 1. The highest BCUT2D eigenvalue weighted by Crippen LogP contribution is 2.29. The number of hydrogen-bond donors (Lipinski definition) is 0. The highest BCUT2D eigenvalue weighted by atomic mass is 32.2. The molecule has 0 aliphatic carbocycles. The van der Waals surface area contributed by atoms with Gasteiger partial charge in [-0.25, -0.2) is 0 Å². The zero-order valence-corrected chi connectivity index (χ0v) is 15.8. The van der Waals surface area contributed by atoms with Crippen LogP contribution in [0, 0.1) is 5.92 Å². The van der Waals surface area contributed by atoms with Gasteiger partial charge in [-0.1, -0.05) is 59.9 Å². The van der Waals surface area contributed by atoms with Crippen molar-refractivity contribution in [3.8, 4) is 0 Å². The molecule has 0 saturated carbocycles. The van der Waals surface area contributed by atoms with Crippen LogP contribution in [0.3, 0.4) is 0 Å². The van der Waals surface area contributed by atoms with Crippen LogP contribution >= 0.6 is 23.5 Å². The third-order valence-corrected chi connectivity index (χ3v) is 7.41. The third-order valence-electron chi connectivity index (χ3n) is 4.92. The van der Waals surface area contributed by atoms with Crippen LogP contribution in [0.1, 0.15) is 23.2 Å². The van der Waals surface area contributed by atoms with Crippen molar-refractivity contribution in [3.05, 3.63) is 48.0 Å². The molecule has 2 aliphatic rings. The first-order valence-electron chi connectivity index (χ1n) is 8.88. The number of nitrogens with zero attached hydrogens (tertiary/aromatic N) is 2. The van der Waals surface area contributed by atoms with E-state index in [2.05, 4.69) is 17.1 Å². The van der Waals surface area contributed by atoms with Crippen molar-refractivity contribution in [2.45, 2.75) is 12.8 Å². The van der Waals surface area contributed by atoms with Crippen LogP contribution in [0.4, 0.5) is 0 Å². The lowest BCUT2D eigenvalue weighted by Gasteiger charge is -2.32. The zero-order valence-electron chi connectivity index (χ0n) is 14.2.